The second-order valence-electron chi connectivity index (χ2n) is 5.37. The molecule has 0 bridgehead atoms. The van der Waals surface area contributed by atoms with Crippen LogP contribution in [-0.2, 0) is 15.4 Å². The Kier molecular flexibility index (Phi) is 6.50. The third-order valence-electron chi connectivity index (χ3n) is 2.72. The number of carbonyl (C=O) groups excluding carboxylic acids is 1. The monoisotopic (exact) mass is 392 g/mol. The minimum atomic E-state index is -0.238. The summed E-state index contributed by atoms with van der Waals surface area (Å²) in [7, 11) is 6.22. The molecule has 0 atom stereocenters. The van der Waals surface area contributed by atoms with Crippen LogP contribution in [0.4, 0.5) is 0 Å². The van der Waals surface area contributed by atoms with Crippen LogP contribution >= 0.6 is 31.9 Å². The van der Waals surface area contributed by atoms with E-state index in [9.17, 15) is 4.79 Å². The van der Waals surface area contributed by atoms with Crippen molar-refractivity contribution in [2.45, 2.75) is 10.7 Å². The molecule has 0 N–H and O–H groups in total. The van der Waals surface area contributed by atoms with E-state index in [4.69, 9.17) is 4.74 Å². The van der Waals surface area contributed by atoms with Crippen molar-refractivity contribution >= 4 is 37.8 Å². The molecule has 0 radical (unpaired) electrons. The molecule has 1 rings (SSSR count). The Bertz CT molecular complexity index is 419. The van der Waals surface area contributed by atoms with Crippen molar-refractivity contribution in [3.05, 3.63) is 34.9 Å². The fourth-order valence-corrected chi connectivity index (χ4v) is 2.56. The van der Waals surface area contributed by atoms with Crippen LogP contribution in [0.15, 0.2) is 18.2 Å². The van der Waals surface area contributed by atoms with Crippen molar-refractivity contribution < 1.29 is 14.0 Å². The van der Waals surface area contributed by atoms with Crippen LogP contribution in [0.3, 0.4) is 0 Å². The second-order valence-corrected chi connectivity index (χ2v) is 6.49. The largest absolute Gasteiger partial charge is 0.456 e. The molecule has 1 aromatic rings. The number of ether oxygens (including phenoxy) is 1. The Balaban J connectivity index is 2.81. The van der Waals surface area contributed by atoms with Gasteiger partial charge in [-0.3, -0.25) is 0 Å². The predicted molar refractivity (Wildman–Crippen MR) is 84.9 cm³/mol. The smallest absolute Gasteiger partial charge is 0.338 e. The van der Waals surface area contributed by atoms with Crippen LogP contribution in [0, 0.1) is 0 Å². The van der Waals surface area contributed by atoms with Gasteiger partial charge in [-0.05, 0) is 11.1 Å². The molecule has 0 aliphatic carbocycles. The fraction of sp³-hybridized carbons (Fsp3) is 0.500. The van der Waals surface area contributed by atoms with Gasteiger partial charge in [-0.25, -0.2) is 4.79 Å². The maximum atomic E-state index is 12.2. The van der Waals surface area contributed by atoms with Crippen molar-refractivity contribution in [2.24, 2.45) is 0 Å². The molecule has 0 aliphatic heterocycles. The van der Waals surface area contributed by atoms with Crippen molar-refractivity contribution in [3.63, 3.8) is 0 Å². The molecule has 106 valence electrons. The normalized spacial score (nSPS) is 11.4. The highest BCUT2D eigenvalue weighted by Crippen LogP contribution is 2.21. The zero-order valence-electron chi connectivity index (χ0n) is 11.6. The highest BCUT2D eigenvalue weighted by Gasteiger charge is 2.17. The number of benzene rings is 1. The molecule has 0 spiro atoms. The number of halogens is 2. The maximum Gasteiger partial charge on any atom is 0.338 e. The molecule has 3 nitrogen and oxygen atoms in total. The third-order valence-corrected chi connectivity index (χ3v) is 3.93. The van der Waals surface area contributed by atoms with Crippen molar-refractivity contribution in [3.8, 4) is 0 Å². The van der Waals surface area contributed by atoms with Crippen LogP contribution < -0.4 is 0 Å². The van der Waals surface area contributed by atoms with E-state index < -0.39 is 0 Å². The Labute approximate surface area is 131 Å². The first kappa shape index (κ1) is 16.7. The highest BCUT2D eigenvalue weighted by molar-refractivity contribution is 9.08. The molecule has 0 saturated heterocycles. The summed E-state index contributed by atoms with van der Waals surface area (Å²) in [5.41, 5.74) is 2.61. The SMILES string of the molecule is C[N+](C)(C)CCOC(=O)c1c(CBr)cccc1CBr. The van der Waals surface area contributed by atoms with Gasteiger partial charge in [-0.15, -0.1) is 0 Å². The average molecular weight is 394 g/mol. The number of esters is 1. The third kappa shape index (κ3) is 5.24. The van der Waals surface area contributed by atoms with Crippen LogP contribution in [0.1, 0.15) is 21.5 Å². The summed E-state index contributed by atoms with van der Waals surface area (Å²) >= 11 is 6.83. The number of alkyl halides is 2. The Hall–Kier alpha value is -0.390. The number of likely N-dealkylation sites (N-methyl/N-ethyl adjacent to an activating group) is 1. The summed E-state index contributed by atoms with van der Waals surface area (Å²) in [5.74, 6) is -0.238. The number of nitrogens with zero attached hydrogens (tertiary/aromatic N) is 1. The van der Waals surface area contributed by atoms with E-state index in [1.807, 2.05) is 18.2 Å². The van der Waals surface area contributed by atoms with Crippen LogP contribution in [0.2, 0.25) is 0 Å². The first-order valence-electron chi connectivity index (χ1n) is 6.09. The zero-order valence-corrected chi connectivity index (χ0v) is 14.8. The number of quaternary nitrogens is 1. The van der Waals surface area contributed by atoms with E-state index in [0.717, 1.165) is 22.2 Å². The lowest BCUT2D eigenvalue weighted by Gasteiger charge is -2.23. The molecule has 19 heavy (non-hydrogen) atoms. The summed E-state index contributed by atoms with van der Waals surface area (Å²) < 4.78 is 6.17. The molecule has 1 aromatic carbocycles. The predicted octanol–water partition coefficient (Wildman–Crippen LogP) is 3.34. The van der Waals surface area contributed by atoms with Gasteiger partial charge in [0.05, 0.1) is 26.7 Å². The fourth-order valence-electron chi connectivity index (χ4n) is 1.62. The average Bonchev–Trinajstić information content (AvgIpc) is 2.35. The lowest BCUT2D eigenvalue weighted by Crippen LogP contribution is -2.38. The van der Waals surface area contributed by atoms with E-state index in [-0.39, 0.29) is 5.97 Å². The maximum absolute atomic E-state index is 12.2. The highest BCUT2D eigenvalue weighted by atomic mass is 79.9. The molecule has 0 saturated carbocycles. The lowest BCUT2D eigenvalue weighted by atomic mass is 10.0. The van der Waals surface area contributed by atoms with Gasteiger partial charge < -0.3 is 9.22 Å². The molecular weight excluding hydrogens is 374 g/mol. The van der Waals surface area contributed by atoms with Crippen molar-refractivity contribution in [1.82, 2.24) is 0 Å². The van der Waals surface area contributed by atoms with Crippen LogP contribution in [0.5, 0.6) is 0 Å². The second kappa shape index (κ2) is 7.41. The summed E-state index contributed by atoms with van der Waals surface area (Å²) in [6.07, 6.45) is 0. The number of carbonyl (C=O) groups is 1. The molecule has 0 amide bonds. The summed E-state index contributed by atoms with van der Waals surface area (Å²) in [5, 5.41) is 1.29. The van der Waals surface area contributed by atoms with Crippen molar-refractivity contribution in [1.29, 1.82) is 0 Å². The number of hydrogen-bond acceptors (Lipinski definition) is 2. The lowest BCUT2D eigenvalue weighted by molar-refractivity contribution is -0.870. The molecule has 0 aromatic heterocycles. The minimum absolute atomic E-state index is 0.238. The topological polar surface area (TPSA) is 26.3 Å². The quantitative estimate of drug-likeness (QED) is 0.421. The van der Waals surface area contributed by atoms with Gasteiger partial charge in [0.15, 0.2) is 0 Å². The number of hydrogen-bond donors (Lipinski definition) is 0. The van der Waals surface area contributed by atoms with E-state index in [0.29, 0.717) is 22.8 Å². The van der Waals surface area contributed by atoms with Gasteiger partial charge in [0, 0.05) is 10.7 Å². The van der Waals surface area contributed by atoms with E-state index in [2.05, 4.69) is 53.0 Å². The van der Waals surface area contributed by atoms with Gasteiger partial charge in [0.2, 0.25) is 0 Å². The molecule has 0 unspecified atom stereocenters. The Morgan fingerprint density at radius 1 is 1.16 bits per heavy atom. The minimum Gasteiger partial charge on any atom is -0.456 e. The van der Waals surface area contributed by atoms with Gasteiger partial charge in [-0.2, -0.15) is 0 Å². The van der Waals surface area contributed by atoms with Crippen LogP contribution in [0.25, 0.3) is 0 Å². The van der Waals surface area contributed by atoms with Gasteiger partial charge in [0.25, 0.3) is 0 Å². The molecule has 0 fully saturated rings. The first-order chi connectivity index (χ1) is 8.89. The van der Waals surface area contributed by atoms with Gasteiger partial charge in [-0.1, -0.05) is 50.1 Å². The van der Waals surface area contributed by atoms with E-state index in [1.165, 1.54) is 0 Å². The van der Waals surface area contributed by atoms with Gasteiger partial charge >= 0.3 is 5.97 Å². The van der Waals surface area contributed by atoms with E-state index >= 15 is 0 Å². The Morgan fingerprint density at radius 2 is 1.68 bits per heavy atom. The summed E-state index contributed by atoms with van der Waals surface area (Å²) in [4.78, 5) is 12.2. The number of rotatable bonds is 6. The summed E-state index contributed by atoms with van der Waals surface area (Å²) in [6.45, 7) is 1.23. The summed E-state index contributed by atoms with van der Waals surface area (Å²) in [6, 6.07) is 5.84. The molecule has 0 aliphatic rings. The molecule has 5 heteroatoms. The van der Waals surface area contributed by atoms with Gasteiger partial charge in [0.1, 0.15) is 13.2 Å². The Morgan fingerprint density at radius 3 is 2.11 bits per heavy atom. The van der Waals surface area contributed by atoms with E-state index in [1.54, 1.807) is 0 Å². The van der Waals surface area contributed by atoms with Crippen molar-refractivity contribution in [2.75, 3.05) is 34.3 Å². The zero-order chi connectivity index (χ0) is 14.5. The van der Waals surface area contributed by atoms with Crippen LogP contribution in [-0.4, -0.2) is 44.7 Å². The standard InChI is InChI=1S/C14H20Br2NO2/c1-17(2,3)7-8-19-14(18)13-11(9-15)5-4-6-12(13)10-16/h4-6H,7-10H2,1-3H3/q+1. The first-order valence-corrected chi connectivity index (χ1v) is 8.33. The molecule has 0 heterocycles. The molecular formula is C14H20Br2NO2+.